The van der Waals surface area contributed by atoms with Crippen LogP contribution in [0.2, 0.25) is 0 Å². The molecular formula is C18H14FN5O3S2. The standard InChI is InChI=1S/C18H14FN5O3S2/c19-15-3-1-2-12-8-9-24(17(12)15)10-16(25)22-13-4-6-14(7-5-13)29(26,27)23-18-20-11-21-28-18/h1-9,11H,10H2,(H,22,25)(H,20,21,23). The summed E-state index contributed by atoms with van der Waals surface area (Å²) in [7, 11) is -3.80. The zero-order chi connectivity index (χ0) is 20.4. The van der Waals surface area contributed by atoms with Gasteiger partial charge < -0.3 is 9.88 Å². The van der Waals surface area contributed by atoms with Gasteiger partial charge in [0.1, 0.15) is 18.7 Å². The summed E-state index contributed by atoms with van der Waals surface area (Å²) in [6.07, 6.45) is 2.89. The molecule has 11 heteroatoms. The minimum absolute atomic E-state index is 0.0178. The molecule has 0 spiro atoms. The number of carbonyl (C=O) groups is 1. The average Bonchev–Trinajstić information content (AvgIpc) is 3.32. The summed E-state index contributed by atoms with van der Waals surface area (Å²) >= 11 is 0.922. The molecule has 0 saturated heterocycles. The van der Waals surface area contributed by atoms with Gasteiger partial charge in [-0.2, -0.15) is 4.37 Å². The first-order valence-electron chi connectivity index (χ1n) is 8.35. The summed E-state index contributed by atoms with van der Waals surface area (Å²) in [6, 6.07) is 12.1. The van der Waals surface area contributed by atoms with Crippen LogP contribution >= 0.6 is 11.5 Å². The number of benzene rings is 2. The van der Waals surface area contributed by atoms with E-state index in [2.05, 4.69) is 19.4 Å². The Bertz CT molecular complexity index is 1270. The van der Waals surface area contributed by atoms with Crippen molar-refractivity contribution in [2.24, 2.45) is 0 Å². The number of carbonyl (C=O) groups excluding carboxylic acids is 1. The largest absolute Gasteiger partial charge is 0.336 e. The lowest BCUT2D eigenvalue weighted by molar-refractivity contribution is -0.116. The van der Waals surface area contributed by atoms with E-state index in [0.717, 1.165) is 11.5 Å². The van der Waals surface area contributed by atoms with E-state index in [9.17, 15) is 17.6 Å². The minimum atomic E-state index is -3.80. The lowest BCUT2D eigenvalue weighted by Crippen LogP contribution is -2.18. The molecule has 2 aromatic carbocycles. The van der Waals surface area contributed by atoms with Crippen LogP contribution in [0.15, 0.2) is 66.0 Å². The number of aromatic nitrogens is 3. The summed E-state index contributed by atoms with van der Waals surface area (Å²) < 4.78 is 46.2. The summed E-state index contributed by atoms with van der Waals surface area (Å²) in [4.78, 5) is 16.1. The van der Waals surface area contributed by atoms with Crippen LogP contribution in [0, 0.1) is 5.82 Å². The van der Waals surface area contributed by atoms with Crippen molar-refractivity contribution in [3.05, 3.63) is 66.9 Å². The Balaban J connectivity index is 1.45. The minimum Gasteiger partial charge on any atom is -0.336 e. The fourth-order valence-electron chi connectivity index (χ4n) is 2.81. The van der Waals surface area contributed by atoms with E-state index in [0.29, 0.717) is 16.6 Å². The highest BCUT2D eigenvalue weighted by Gasteiger charge is 2.16. The fraction of sp³-hybridized carbons (Fsp3) is 0.0556. The van der Waals surface area contributed by atoms with Gasteiger partial charge in [-0.1, -0.05) is 12.1 Å². The van der Waals surface area contributed by atoms with Gasteiger partial charge in [0, 0.05) is 28.8 Å². The number of hydrogen-bond donors (Lipinski definition) is 2. The molecule has 0 fully saturated rings. The Hall–Kier alpha value is -3.31. The van der Waals surface area contributed by atoms with Gasteiger partial charge in [0.2, 0.25) is 11.0 Å². The molecule has 2 heterocycles. The predicted molar refractivity (Wildman–Crippen MR) is 108 cm³/mol. The van der Waals surface area contributed by atoms with Gasteiger partial charge in [0.15, 0.2) is 0 Å². The number of nitrogens with zero attached hydrogens (tertiary/aromatic N) is 3. The van der Waals surface area contributed by atoms with Gasteiger partial charge >= 0.3 is 0 Å². The van der Waals surface area contributed by atoms with Crippen molar-refractivity contribution in [3.8, 4) is 0 Å². The second-order valence-electron chi connectivity index (χ2n) is 6.05. The molecular weight excluding hydrogens is 417 g/mol. The number of anilines is 2. The summed E-state index contributed by atoms with van der Waals surface area (Å²) in [5.74, 6) is -0.772. The summed E-state index contributed by atoms with van der Waals surface area (Å²) in [5, 5.41) is 3.54. The molecule has 0 unspecified atom stereocenters. The molecule has 0 bridgehead atoms. The van der Waals surface area contributed by atoms with Gasteiger partial charge in [-0.3, -0.25) is 9.52 Å². The fourth-order valence-corrected chi connectivity index (χ4v) is 4.47. The quantitative estimate of drug-likeness (QED) is 0.488. The molecule has 4 rings (SSSR count). The second kappa shape index (κ2) is 7.60. The van der Waals surface area contributed by atoms with Crippen molar-refractivity contribution in [2.45, 2.75) is 11.4 Å². The zero-order valence-corrected chi connectivity index (χ0v) is 16.4. The topological polar surface area (TPSA) is 106 Å². The third-order valence-electron chi connectivity index (χ3n) is 4.08. The van der Waals surface area contributed by atoms with Gasteiger partial charge in [0.05, 0.1) is 10.4 Å². The SMILES string of the molecule is O=C(Cn1ccc2cccc(F)c21)Nc1ccc(S(=O)(=O)Nc2ncns2)cc1. The normalized spacial score (nSPS) is 11.5. The molecule has 8 nitrogen and oxygen atoms in total. The average molecular weight is 431 g/mol. The van der Waals surface area contributed by atoms with Crippen LogP contribution in [0.5, 0.6) is 0 Å². The lowest BCUT2D eigenvalue weighted by atomic mass is 10.2. The Morgan fingerprint density at radius 1 is 1.14 bits per heavy atom. The molecule has 0 aliphatic carbocycles. The molecule has 0 saturated carbocycles. The van der Waals surface area contributed by atoms with Crippen LogP contribution in [-0.4, -0.2) is 28.2 Å². The van der Waals surface area contributed by atoms with E-state index in [1.807, 2.05) is 0 Å². The number of sulfonamides is 1. The van der Waals surface area contributed by atoms with Gasteiger partial charge in [0.25, 0.3) is 10.0 Å². The maximum Gasteiger partial charge on any atom is 0.263 e. The molecule has 0 atom stereocenters. The van der Waals surface area contributed by atoms with Crippen LogP contribution in [-0.2, 0) is 21.4 Å². The monoisotopic (exact) mass is 431 g/mol. The molecule has 0 radical (unpaired) electrons. The smallest absolute Gasteiger partial charge is 0.263 e. The highest BCUT2D eigenvalue weighted by Crippen LogP contribution is 2.20. The number of nitrogens with one attached hydrogen (secondary N) is 2. The molecule has 4 aromatic rings. The van der Waals surface area contributed by atoms with Crippen molar-refractivity contribution < 1.29 is 17.6 Å². The van der Waals surface area contributed by atoms with Gasteiger partial charge in [-0.15, -0.1) is 0 Å². The van der Waals surface area contributed by atoms with E-state index in [4.69, 9.17) is 0 Å². The Morgan fingerprint density at radius 2 is 1.93 bits per heavy atom. The lowest BCUT2D eigenvalue weighted by Gasteiger charge is -2.09. The number of para-hydroxylation sites is 1. The number of halogens is 1. The zero-order valence-electron chi connectivity index (χ0n) is 14.7. The first-order valence-corrected chi connectivity index (χ1v) is 10.6. The highest BCUT2D eigenvalue weighted by atomic mass is 32.2. The summed E-state index contributed by atoms with van der Waals surface area (Å²) in [6.45, 7) is -0.0803. The van der Waals surface area contributed by atoms with E-state index in [1.54, 1.807) is 24.4 Å². The molecule has 2 N–H and O–H groups in total. The third kappa shape index (κ3) is 4.10. The number of amides is 1. The van der Waals surface area contributed by atoms with Crippen LogP contribution in [0.3, 0.4) is 0 Å². The Labute approximate surface area is 169 Å². The first-order chi connectivity index (χ1) is 13.9. The van der Waals surface area contributed by atoms with Gasteiger partial charge in [-0.05, 0) is 36.4 Å². The van der Waals surface area contributed by atoms with Crippen LogP contribution < -0.4 is 10.0 Å². The Morgan fingerprint density at radius 3 is 2.66 bits per heavy atom. The number of fused-ring (bicyclic) bond motifs is 1. The van der Waals surface area contributed by atoms with E-state index < -0.39 is 15.8 Å². The highest BCUT2D eigenvalue weighted by molar-refractivity contribution is 7.93. The molecule has 29 heavy (non-hydrogen) atoms. The maximum absolute atomic E-state index is 14.0. The molecule has 148 valence electrons. The first kappa shape index (κ1) is 19.0. The molecule has 1 amide bonds. The van der Waals surface area contributed by atoms with Crippen LogP contribution in [0.25, 0.3) is 10.9 Å². The summed E-state index contributed by atoms with van der Waals surface area (Å²) in [5.41, 5.74) is 0.772. The van der Waals surface area contributed by atoms with E-state index in [1.165, 1.54) is 41.2 Å². The van der Waals surface area contributed by atoms with Crippen LogP contribution in [0.4, 0.5) is 15.2 Å². The van der Waals surface area contributed by atoms with Crippen molar-refractivity contribution in [1.82, 2.24) is 13.9 Å². The predicted octanol–water partition coefficient (Wildman–Crippen LogP) is 3.07. The van der Waals surface area contributed by atoms with Gasteiger partial charge in [-0.25, -0.2) is 17.8 Å². The number of hydrogen-bond acceptors (Lipinski definition) is 6. The van der Waals surface area contributed by atoms with Crippen LogP contribution in [0.1, 0.15) is 0 Å². The maximum atomic E-state index is 14.0. The number of rotatable bonds is 6. The van der Waals surface area contributed by atoms with E-state index in [-0.39, 0.29) is 22.5 Å². The van der Waals surface area contributed by atoms with E-state index >= 15 is 0 Å². The Kier molecular flexibility index (Phi) is 4.99. The van der Waals surface area contributed by atoms with Crippen molar-refractivity contribution >= 4 is 49.2 Å². The van der Waals surface area contributed by atoms with Crippen molar-refractivity contribution in [3.63, 3.8) is 0 Å². The molecule has 0 aliphatic rings. The molecule has 2 aromatic heterocycles. The second-order valence-corrected chi connectivity index (χ2v) is 8.51. The molecule has 0 aliphatic heterocycles. The third-order valence-corrected chi connectivity index (χ3v) is 6.15. The van der Waals surface area contributed by atoms with Crippen molar-refractivity contribution in [2.75, 3.05) is 10.0 Å². The van der Waals surface area contributed by atoms with Crippen molar-refractivity contribution in [1.29, 1.82) is 0 Å².